The molecule has 122 valence electrons. The van der Waals surface area contributed by atoms with E-state index in [1.165, 1.54) is 4.90 Å². The zero-order chi connectivity index (χ0) is 15.4. The lowest BCUT2D eigenvalue weighted by molar-refractivity contribution is 0.0698. The Morgan fingerprint density at radius 1 is 1.27 bits per heavy atom. The topological polar surface area (TPSA) is 52.7 Å². The van der Waals surface area contributed by atoms with Crippen LogP contribution in [0.25, 0.3) is 0 Å². The quantitative estimate of drug-likeness (QED) is 0.919. The third-order valence-corrected chi connectivity index (χ3v) is 3.88. The van der Waals surface area contributed by atoms with Crippen molar-refractivity contribution in [1.29, 1.82) is 0 Å². The molecule has 1 aromatic carbocycles. The summed E-state index contributed by atoms with van der Waals surface area (Å²) in [5.41, 5.74) is 1.13. The van der Waals surface area contributed by atoms with Crippen LogP contribution < -0.4 is 5.32 Å². The normalized spacial score (nSPS) is 17.6. The van der Waals surface area contributed by atoms with Gasteiger partial charge in [-0.1, -0.05) is 6.07 Å². The second-order valence-corrected chi connectivity index (χ2v) is 5.66. The first-order valence-electron chi connectivity index (χ1n) is 7.31. The van der Waals surface area contributed by atoms with Crippen molar-refractivity contribution in [2.75, 3.05) is 34.2 Å². The summed E-state index contributed by atoms with van der Waals surface area (Å²) in [6.45, 7) is 1.50. The maximum atomic E-state index is 12.6. The first kappa shape index (κ1) is 18.5. The Balaban J connectivity index is 0.00000242. The monoisotopic (exact) mass is 325 g/mol. The minimum Gasteiger partial charge on any atom is -0.345 e. The fourth-order valence-electron chi connectivity index (χ4n) is 2.62. The molecule has 1 unspecified atom stereocenters. The van der Waals surface area contributed by atoms with Crippen LogP contribution in [-0.2, 0) is 0 Å². The third kappa shape index (κ3) is 4.21. The van der Waals surface area contributed by atoms with E-state index in [1.54, 1.807) is 38.4 Å². The fourth-order valence-corrected chi connectivity index (χ4v) is 2.62. The third-order valence-electron chi connectivity index (χ3n) is 3.88. The van der Waals surface area contributed by atoms with Crippen LogP contribution >= 0.6 is 12.4 Å². The maximum absolute atomic E-state index is 12.6. The maximum Gasteiger partial charge on any atom is 0.253 e. The van der Waals surface area contributed by atoms with Crippen LogP contribution in [0.15, 0.2) is 24.3 Å². The van der Waals surface area contributed by atoms with Crippen molar-refractivity contribution in [1.82, 2.24) is 15.1 Å². The molecular weight excluding hydrogens is 302 g/mol. The van der Waals surface area contributed by atoms with Gasteiger partial charge in [0.2, 0.25) is 0 Å². The first-order chi connectivity index (χ1) is 10.0. The van der Waals surface area contributed by atoms with Crippen LogP contribution in [0.5, 0.6) is 0 Å². The van der Waals surface area contributed by atoms with E-state index in [4.69, 9.17) is 0 Å². The number of nitrogens with zero attached hydrogens (tertiary/aromatic N) is 2. The lowest BCUT2D eigenvalue weighted by Gasteiger charge is -2.32. The Bertz CT molecular complexity index is 534. The van der Waals surface area contributed by atoms with Crippen molar-refractivity contribution in [3.05, 3.63) is 35.4 Å². The number of piperidine rings is 1. The van der Waals surface area contributed by atoms with Crippen molar-refractivity contribution in [3.63, 3.8) is 0 Å². The van der Waals surface area contributed by atoms with Gasteiger partial charge in [0.1, 0.15) is 0 Å². The smallest absolute Gasteiger partial charge is 0.253 e. The highest BCUT2D eigenvalue weighted by molar-refractivity contribution is 5.99. The van der Waals surface area contributed by atoms with Gasteiger partial charge in [-0.25, -0.2) is 0 Å². The molecule has 2 amide bonds. The highest BCUT2D eigenvalue weighted by Crippen LogP contribution is 2.15. The molecule has 1 aromatic rings. The van der Waals surface area contributed by atoms with Crippen molar-refractivity contribution in [2.45, 2.75) is 18.9 Å². The summed E-state index contributed by atoms with van der Waals surface area (Å²) in [4.78, 5) is 27.9. The molecule has 1 N–H and O–H groups in total. The van der Waals surface area contributed by atoms with Crippen molar-refractivity contribution in [3.8, 4) is 0 Å². The Hall–Kier alpha value is -1.59. The number of hydrogen-bond acceptors (Lipinski definition) is 3. The van der Waals surface area contributed by atoms with Crippen molar-refractivity contribution in [2.24, 2.45) is 0 Å². The van der Waals surface area contributed by atoms with Gasteiger partial charge >= 0.3 is 0 Å². The molecule has 1 saturated heterocycles. The van der Waals surface area contributed by atoms with E-state index < -0.39 is 0 Å². The number of hydrogen-bond donors (Lipinski definition) is 1. The van der Waals surface area contributed by atoms with Gasteiger partial charge in [-0.2, -0.15) is 0 Å². The number of likely N-dealkylation sites (N-methyl/N-ethyl adjacent to an activating group) is 1. The van der Waals surface area contributed by atoms with E-state index in [9.17, 15) is 9.59 Å². The Kier molecular flexibility index (Phi) is 6.84. The summed E-state index contributed by atoms with van der Waals surface area (Å²) in [7, 11) is 5.34. The van der Waals surface area contributed by atoms with Crippen LogP contribution in [0.1, 0.15) is 33.6 Å². The van der Waals surface area contributed by atoms with Gasteiger partial charge in [0.25, 0.3) is 11.8 Å². The number of amides is 2. The molecule has 1 fully saturated rings. The molecule has 0 bridgehead atoms. The average molecular weight is 326 g/mol. The number of likely N-dealkylation sites (tertiary alicyclic amines) is 1. The minimum atomic E-state index is -0.0867. The average Bonchev–Trinajstić information content (AvgIpc) is 2.53. The summed E-state index contributed by atoms with van der Waals surface area (Å²) >= 11 is 0. The number of carbonyl (C=O) groups is 2. The lowest BCUT2D eigenvalue weighted by atomic mass is 10.0. The lowest BCUT2D eigenvalue weighted by Crippen LogP contribution is -2.47. The van der Waals surface area contributed by atoms with E-state index in [2.05, 4.69) is 5.32 Å². The first-order valence-corrected chi connectivity index (χ1v) is 7.31. The molecular formula is C16H24ClN3O2. The van der Waals surface area contributed by atoms with Crippen molar-refractivity contribution >= 4 is 24.2 Å². The second-order valence-electron chi connectivity index (χ2n) is 5.66. The zero-order valence-corrected chi connectivity index (χ0v) is 14.2. The number of rotatable bonds is 3. The SMILES string of the molecule is CNC1CCCN(C(=O)c2cccc(C(=O)N(C)C)c2)C1.Cl. The second kappa shape index (κ2) is 8.15. The highest BCUT2D eigenvalue weighted by Gasteiger charge is 2.24. The van der Waals surface area contributed by atoms with Crippen molar-refractivity contribution < 1.29 is 9.59 Å². The Morgan fingerprint density at radius 2 is 1.95 bits per heavy atom. The molecule has 1 heterocycles. The summed E-state index contributed by atoms with van der Waals surface area (Å²) in [6, 6.07) is 7.33. The van der Waals surface area contributed by atoms with E-state index in [-0.39, 0.29) is 24.2 Å². The van der Waals surface area contributed by atoms with Crippen LogP contribution in [0.2, 0.25) is 0 Å². The zero-order valence-electron chi connectivity index (χ0n) is 13.3. The standard InChI is InChI=1S/C16H23N3O2.ClH/c1-17-14-8-5-9-19(11-14)16(21)13-7-4-6-12(10-13)15(20)18(2)3;/h4,6-7,10,14,17H,5,8-9,11H2,1-3H3;1H. The van der Waals surface area contributed by atoms with E-state index in [0.29, 0.717) is 17.2 Å². The van der Waals surface area contributed by atoms with Gasteiger partial charge in [0.05, 0.1) is 0 Å². The largest absolute Gasteiger partial charge is 0.345 e. The molecule has 0 aromatic heterocycles. The molecule has 22 heavy (non-hydrogen) atoms. The van der Waals surface area contributed by atoms with Gasteiger partial charge in [-0.3, -0.25) is 9.59 Å². The molecule has 0 spiro atoms. The predicted octanol–water partition coefficient (Wildman–Crippen LogP) is 1.63. The van der Waals surface area contributed by atoms with Crippen LogP contribution in [0.3, 0.4) is 0 Å². The Morgan fingerprint density at radius 3 is 2.59 bits per heavy atom. The number of halogens is 1. The molecule has 1 atom stereocenters. The van der Waals surface area contributed by atoms with Gasteiger partial charge in [-0.15, -0.1) is 12.4 Å². The molecule has 2 rings (SSSR count). The van der Waals surface area contributed by atoms with Crippen LogP contribution in [0, 0.1) is 0 Å². The molecule has 1 aliphatic heterocycles. The van der Waals surface area contributed by atoms with Crippen LogP contribution in [-0.4, -0.2) is 61.9 Å². The Labute approximate surface area is 138 Å². The predicted molar refractivity (Wildman–Crippen MR) is 89.7 cm³/mol. The van der Waals surface area contributed by atoms with Gasteiger partial charge < -0.3 is 15.1 Å². The minimum absolute atomic E-state index is 0. The number of benzene rings is 1. The molecule has 1 aliphatic rings. The summed E-state index contributed by atoms with van der Waals surface area (Å²) in [6.07, 6.45) is 2.10. The van der Waals surface area contributed by atoms with E-state index >= 15 is 0 Å². The fraction of sp³-hybridized carbons (Fsp3) is 0.500. The van der Waals surface area contributed by atoms with Crippen LogP contribution in [0.4, 0.5) is 0 Å². The highest BCUT2D eigenvalue weighted by atomic mass is 35.5. The van der Waals surface area contributed by atoms with E-state index in [0.717, 1.165) is 25.9 Å². The van der Waals surface area contributed by atoms with Gasteiger partial charge in [0, 0.05) is 44.4 Å². The summed E-state index contributed by atoms with van der Waals surface area (Å²) in [5.74, 6) is -0.0836. The van der Waals surface area contributed by atoms with Gasteiger partial charge in [0.15, 0.2) is 0 Å². The molecule has 5 nitrogen and oxygen atoms in total. The van der Waals surface area contributed by atoms with Gasteiger partial charge in [-0.05, 0) is 38.1 Å². The summed E-state index contributed by atoms with van der Waals surface area (Å²) < 4.78 is 0. The molecule has 6 heteroatoms. The number of carbonyl (C=O) groups excluding carboxylic acids is 2. The van der Waals surface area contributed by atoms with E-state index in [1.807, 2.05) is 11.9 Å². The molecule has 0 radical (unpaired) electrons. The summed E-state index contributed by atoms with van der Waals surface area (Å²) in [5, 5.41) is 3.23. The number of nitrogens with one attached hydrogen (secondary N) is 1. The molecule has 0 aliphatic carbocycles. The molecule has 0 saturated carbocycles.